The summed E-state index contributed by atoms with van der Waals surface area (Å²) in [7, 11) is 0. The van der Waals surface area contributed by atoms with E-state index in [0.29, 0.717) is 0 Å². The summed E-state index contributed by atoms with van der Waals surface area (Å²) in [6, 6.07) is 0. The molecule has 0 aliphatic heterocycles. The van der Waals surface area contributed by atoms with Crippen LogP contribution in [0.25, 0.3) is 0 Å². The minimum absolute atomic E-state index is 1.12. The summed E-state index contributed by atoms with van der Waals surface area (Å²) < 4.78 is 34.9. The first-order chi connectivity index (χ1) is 3.85. The average molecular weight is 197 g/mol. The molecule has 0 aromatic carbocycles. The second-order valence-corrected chi connectivity index (χ2v) is 9.45. The molecule has 1 atom stereocenters. The van der Waals surface area contributed by atoms with Crippen molar-refractivity contribution < 1.29 is 13.2 Å². The van der Waals surface area contributed by atoms with Crippen LogP contribution in [0, 0.1) is 0 Å². The second kappa shape index (κ2) is 3.12. The SMILES string of the molecule is C[Si](Cl)(Cl)C(F)C(F)F. The van der Waals surface area contributed by atoms with Crippen molar-refractivity contribution >= 4 is 28.9 Å². The van der Waals surface area contributed by atoms with Crippen molar-refractivity contribution in [1.29, 1.82) is 0 Å². The zero-order chi connectivity index (χ0) is 7.65. The van der Waals surface area contributed by atoms with Gasteiger partial charge in [0, 0.05) is 0 Å². The van der Waals surface area contributed by atoms with Gasteiger partial charge in [0.15, 0.2) is 5.79 Å². The highest BCUT2D eigenvalue weighted by Gasteiger charge is 2.40. The van der Waals surface area contributed by atoms with Gasteiger partial charge >= 0.3 is 0 Å². The van der Waals surface area contributed by atoms with E-state index in [0.717, 1.165) is 6.55 Å². The van der Waals surface area contributed by atoms with Crippen LogP contribution in [0.4, 0.5) is 13.2 Å². The predicted octanol–water partition coefficient (Wildman–Crippen LogP) is 2.68. The molecular weight excluding hydrogens is 192 g/mol. The molecule has 0 saturated heterocycles. The van der Waals surface area contributed by atoms with Gasteiger partial charge in [0.1, 0.15) is 0 Å². The molecule has 0 amide bonds. The molecule has 0 N–H and O–H groups in total. The molecule has 0 aromatic rings. The van der Waals surface area contributed by atoms with Crippen LogP contribution in [0.15, 0.2) is 0 Å². The molecule has 0 radical (unpaired) electrons. The van der Waals surface area contributed by atoms with E-state index < -0.39 is 18.9 Å². The van der Waals surface area contributed by atoms with Gasteiger partial charge in [-0.3, -0.25) is 0 Å². The van der Waals surface area contributed by atoms with E-state index in [9.17, 15) is 13.2 Å². The van der Waals surface area contributed by atoms with Gasteiger partial charge in [0.2, 0.25) is 0 Å². The molecule has 0 rings (SSSR count). The lowest BCUT2D eigenvalue weighted by molar-refractivity contribution is 0.0882. The van der Waals surface area contributed by atoms with Crippen molar-refractivity contribution in [2.75, 3.05) is 0 Å². The van der Waals surface area contributed by atoms with Crippen LogP contribution < -0.4 is 0 Å². The Morgan fingerprint density at radius 2 is 1.56 bits per heavy atom. The lowest BCUT2D eigenvalue weighted by Crippen LogP contribution is -2.35. The summed E-state index contributed by atoms with van der Waals surface area (Å²) in [6.07, 6.45) is -3.06. The highest BCUT2D eigenvalue weighted by Crippen LogP contribution is 2.25. The van der Waals surface area contributed by atoms with Crippen LogP contribution in [0.3, 0.4) is 0 Å². The molecule has 56 valence electrons. The molecule has 0 fully saturated rings. The standard InChI is InChI=1S/C3H5Cl2F3Si/c1-9(4,5)3(8)2(6)7/h2-3H,1H3. The lowest BCUT2D eigenvalue weighted by atomic mass is 10.8. The molecule has 0 aromatic heterocycles. The Balaban J connectivity index is 3.88. The van der Waals surface area contributed by atoms with Crippen molar-refractivity contribution in [3.63, 3.8) is 0 Å². The zero-order valence-corrected chi connectivity index (χ0v) is 7.06. The molecule has 0 spiro atoms. The minimum Gasteiger partial charge on any atom is -0.242 e. The number of alkyl halides is 3. The van der Waals surface area contributed by atoms with Crippen molar-refractivity contribution in [2.24, 2.45) is 0 Å². The maximum atomic E-state index is 12.1. The van der Waals surface area contributed by atoms with Gasteiger partial charge in [0.05, 0.1) is 0 Å². The monoisotopic (exact) mass is 196 g/mol. The van der Waals surface area contributed by atoms with E-state index in [1.54, 1.807) is 0 Å². The third-order valence-corrected chi connectivity index (χ3v) is 3.18. The van der Waals surface area contributed by atoms with Crippen molar-refractivity contribution in [3.8, 4) is 0 Å². The molecule has 0 heterocycles. The fraction of sp³-hybridized carbons (Fsp3) is 1.00. The van der Waals surface area contributed by atoms with Crippen molar-refractivity contribution in [2.45, 2.75) is 18.8 Å². The van der Waals surface area contributed by atoms with Crippen molar-refractivity contribution in [3.05, 3.63) is 0 Å². The Hall–Kier alpha value is 0.587. The first-order valence-corrected chi connectivity index (χ1v) is 6.76. The second-order valence-electron chi connectivity index (χ2n) is 1.69. The highest BCUT2D eigenvalue weighted by atomic mass is 35.7. The summed E-state index contributed by atoms with van der Waals surface area (Å²) in [5, 5.41) is 0. The fourth-order valence-corrected chi connectivity index (χ4v) is 1.24. The van der Waals surface area contributed by atoms with Crippen LogP contribution in [0.5, 0.6) is 0 Å². The summed E-state index contributed by atoms with van der Waals surface area (Å²) in [4.78, 5) is 0. The number of hydrogen-bond acceptors (Lipinski definition) is 0. The van der Waals surface area contributed by atoms with Gasteiger partial charge in [-0.1, -0.05) is 0 Å². The molecule has 6 heteroatoms. The van der Waals surface area contributed by atoms with Crippen LogP contribution in [0.2, 0.25) is 6.55 Å². The lowest BCUT2D eigenvalue weighted by Gasteiger charge is -2.14. The fourth-order valence-electron chi connectivity index (χ4n) is 0.221. The van der Waals surface area contributed by atoms with Crippen LogP contribution in [0.1, 0.15) is 0 Å². The largest absolute Gasteiger partial charge is 0.288 e. The summed E-state index contributed by atoms with van der Waals surface area (Å²) >= 11 is 10.3. The molecule has 1 unspecified atom stereocenters. The summed E-state index contributed by atoms with van der Waals surface area (Å²) in [6.45, 7) is -2.18. The van der Waals surface area contributed by atoms with E-state index in [-0.39, 0.29) is 0 Å². The van der Waals surface area contributed by atoms with E-state index in [1.807, 2.05) is 0 Å². The van der Waals surface area contributed by atoms with E-state index in [1.165, 1.54) is 0 Å². The quantitative estimate of drug-likeness (QED) is 0.471. The molecule has 0 aliphatic carbocycles. The smallest absolute Gasteiger partial charge is 0.242 e. The van der Waals surface area contributed by atoms with Gasteiger partial charge in [-0.05, 0) is 6.55 Å². The third-order valence-electron chi connectivity index (χ3n) is 0.705. The third kappa shape index (κ3) is 3.32. The number of hydrogen-bond donors (Lipinski definition) is 0. The Labute approximate surface area is 61.4 Å². The Morgan fingerprint density at radius 1 is 1.22 bits per heavy atom. The Bertz CT molecular complexity index is 91.5. The maximum absolute atomic E-state index is 12.1. The number of halogens is 5. The van der Waals surface area contributed by atoms with Crippen LogP contribution in [-0.4, -0.2) is 18.9 Å². The normalized spacial score (nSPS) is 16.3. The van der Waals surface area contributed by atoms with E-state index in [4.69, 9.17) is 22.2 Å². The van der Waals surface area contributed by atoms with E-state index >= 15 is 0 Å². The number of rotatable bonds is 2. The predicted molar refractivity (Wildman–Crippen MR) is 34.2 cm³/mol. The highest BCUT2D eigenvalue weighted by molar-refractivity contribution is 7.45. The maximum Gasteiger partial charge on any atom is 0.288 e. The van der Waals surface area contributed by atoms with Crippen molar-refractivity contribution in [1.82, 2.24) is 0 Å². The molecule has 0 bridgehead atoms. The topological polar surface area (TPSA) is 0 Å². The van der Waals surface area contributed by atoms with Crippen LogP contribution >= 0.6 is 22.2 Å². The van der Waals surface area contributed by atoms with Gasteiger partial charge in [0.25, 0.3) is 13.1 Å². The van der Waals surface area contributed by atoms with Gasteiger partial charge in [-0.15, -0.1) is 22.2 Å². The Kier molecular flexibility index (Phi) is 3.32. The first kappa shape index (κ1) is 9.59. The Morgan fingerprint density at radius 3 is 1.56 bits per heavy atom. The zero-order valence-electron chi connectivity index (χ0n) is 4.54. The summed E-state index contributed by atoms with van der Waals surface area (Å²) in [5.41, 5.74) is 0. The van der Waals surface area contributed by atoms with Gasteiger partial charge in [-0.25, -0.2) is 13.2 Å². The average Bonchev–Trinajstić information content (AvgIpc) is 1.62. The minimum atomic E-state index is -3.30. The summed E-state index contributed by atoms with van der Waals surface area (Å²) in [5.74, 6) is -2.35. The molecular formula is C3H5Cl2F3Si. The van der Waals surface area contributed by atoms with Gasteiger partial charge in [-0.2, -0.15) is 0 Å². The molecule has 9 heavy (non-hydrogen) atoms. The first-order valence-electron chi connectivity index (χ1n) is 2.15. The molecule has 0 nitrogen and oxygen atoms in total. The molecule has 0 aliphatic rings. The van der Waals surface area contributed by atoms with E-state index in [2.05, 4.69) is 0 Å². The van der Waals surface area contributed by atoms with Crippen LogP contribution in [-0.2, 0) is 0 Å². The van der Waals surface area contributed by atoms with Gasteiger partial charge < -0.3 is 0 Å². The molecule has 0 saturated carbocycles.